The predicted octanol–water partition coefficient (Wildman–Crippen LogP) is 4.50. The summed E-state index contributed by atoms with van der Waals surface area (Å²) in [6.07, 6.45) is 4.78. The fourth-order valence-corrected chi connectivity index (χ4v) is 4.54. The Kier molecular flexibility index (Phi) is 7.75. The minimum atomic E-state index is -0.116. The number of allylic oxidation sites excluding steroid dienone is 1. The Hall–Kier alpha value is -3.45. The Morgan fingerprint density at radius 1 is 0.971 bits per heavy atom. The summed E-state index contributed by atoms with van der Waals surface area (Å²) in [7, 11) is 4.67. The van der Waals surface area contributed by atoms with Crippen LogP contribution in [0.2, 0.25) is 0 Å². The summed E-state index contributed by atoms with van der Waals surface area (Å²) in [5, 5.41) is 3.07. The van der Waals surface area contributed by atoms with Gasteiger partial charge in [0.15, 0.2) is 11.5 Å². The maximum atomic E-state index is 13.6. The highest BCUT2D eigenvalue weighted by Gasteiger charge is 2.28. The van der Waals surface area contributed by atoms with Crippen molar-refractivity contribution in [3.63, 3.8) is 0 Å². The van der Waals surface area contributed by atoms with Gasteiger partial charge in [-0.05, 0) is 36.5 Å². The molecule has 0 atom stereocenters. The van der Waals surface area contributed by atoms with Crippen molar-refractivity contribution < 1.29 is 23.7 Å². The van der Waals surface area contributed by atoms with Crippen molar-refractivity contribution in [3.8, 4) is 17.2 Å². The lowest BCUT2D eigenvalue weighted by Gasteiger charge is -2.36. The first-order valence-electron chi connectivity index (χ1n) is 11.6. The zero-order valence-corrected chi connectivity index (χ0v) is 20.1. The first kappa shape index (κ1) is 23.7. The molecule has 1 saturated heterocycles. The van der Waals surface area contributed by atoms with Gasteiger partial charge in [-0.3, -0.25) is 4.79 Å². The first-order valence-corrected chi connectivity index (χ1v) is 11.6. The summed E-state index contributed by atoms with van der Waals surface area (Å²) in [6, 6.07) is 13.8. The second kappa shape index (κ2) is 11.1. The minimum absolute atomic E-state index is 0.116. The van der Waals surface area contributed by atoms with Crippen LogP contribution in [0.3, 0.4) is 0 Å². The smallest absolute Gasteiger partial charge is 0.253 e. The van der Waals surface area contributed by atoms with Gasteiger partial charge in [0.2, 0.25) is 5.75 Å². The summed E-state index contributed by atoms with van der Waals surface area (Å²) in [5.74, 6) is 1.36. The van der Waals surface area contributed by atoms with Crippen LogP contribution in [-0.2, 0) is 9.53 Å². The molecule has 2 aliphatic rings. The van der Waals surface area contributed by atoms with E-state index in [2.05, 4.69) is 28.4 Å². The minimum Gasteiger partial charge on any atom is -0.493 e. The second-order valence-corrected chi connectivity index (χ2v) is 8.23. The van der Waals surface area contributed by atoms with Gasteiger partial charge in [-0.15, -0.1) is 0 Å². The Balaban J connectivity index is 1.72. The molecule has 34 heavy (non-hydrogen) atoms. The number of nitrogens with one attached hydrogen (secondary N) is 1. The summed E-state index contributed by atoms with van der Waals surface area (Å²) in [6.45, 7) is 2.85. The molecule has 0 spiro atoms. The molecule has 0 aromatic heterocycles. The maximum Gasteiger partial charge on any atom is 0.253 e. The Labute approximate surface area is 200 Å². The van der Waals surface area contributed by atoms with Crippen molar-refractivity contribution in [1.29, 1.82) is 0 Å². The molecule has 0 radical (unpaired) electrons. The normalized spacial score (nSPS) is 17.5. The van der Waals surface area contributed by atoms with Crippen molar-refractivity contribution in [2.45, 2.75) is 19.3 Å². The predicted molar refractivity (Wildman–Crippen MR) is 132 cm³/mol. The van der Waals surface area contributed by atoms with Crippen molar-refractivity contribution in [2.24, 2.45) is 0 Å². The summed E-state index contributed by atoms with van der Waals surface area (Å²) in [4.78, 5) is 15.9. The Bertz CT molecular complexity index is 1050. The number of ether oxygens (including phenoxy) is 4. The lowest BCUT2D eigenvalue weighted by atomic mass is 9.88. The lowest BCUT2D eigenvalue weighted by Crippen LogP contribution is -2.38. The number of anilines is 1. The van der Waals surface area contributed by atoms with Crippen LogP contribution in [0, 0.1) is 0 Å². The Morgan fingerprint density at radius 2 is 1.65 bits per heavy atom. The maximum absolute atomic E-state index is 13.6. The van der Waals surface area contributed by atoms with Crippen LogP contribution in [0.4, 0.5) is 5.69 Å². The fraction of sp³-hybridized carbons (Fsp3) is 0.370. The molecule has 0 bridgehead atoms. The molecule has 2 aromatic carbocycles. The molecule has 1 heterocycles. The standard InChI is InChI=1S/C27H32N2O5/c1-31-23-17-21(18-24(32-2)26(23)33-3)28-27(30)22-11-7-10-20(16-19-8-5-4-6-9-19)25(22)29-12-14-34-15-13-29/h4-6,8-9,16-18H,7,10-15H2,1-3H3,(H,28,30). The van der Waals surface area contributed by atoms with Gasteiger partial charge < -0.3 is 29.2 Å². The molecule has 0 saturated carbocycles. The van der Waals surface area contributed by atoms with E-state index >= 15 is 0 Å². The highest BCUT2D eigenvalue weighted by atomic mass is 16.5. The van der Waals surface area contributed by atoms with E-state index in [9.17, 15) is 4.79 Å². The van der Waals surface area contributed by atoms with Gasteiger partial charge >= 0.3 is 0 Å². The largest absolute Gasteiger partial charge is 0.493 e. The molecule has 0 unspecified atom stereocenters. The van der Waals surface area contributed by atoms with Gasteiger partial charge in [0.05, 0.1) is 34.5 Å². The van der Waals surface area contributed by atoms with Gasteiger partial charge in [-0.25, -0.2) is 0 Å². The van der Waals surface area contributed by atoms with Crippen molar-refractivity contribution in [3.05, 3.63) is 64.9 Å². The van der Waals surface area contributed by atoms with E-state index in [-0.39, 0.29) is 5.91 Å². The number of rotatable bonds is 7. The third-order valence-electron chi connectivity index (χ3n) is 6.13. The van der Waals surface area contributed by atoms with E-state index in [1.54, 1.807) is 33.5 Å². The number of carbonyl (C=O) groups is 1. The second-order valence-electron chi connectivity index (χ2n) is 8.23. The van der Waals surface area contributed by atoms with Crippen LogP contribution >= 0.6 is 0 Å². The third-order valence-corrected chi connectivity index (χ3v) is 6.13. The number of benzene rings is 2. The summed E-state index contributed by atoms with van der Waals surface area (Å²) >= 11 is 0. The number of morpholine rings is 1. The van der Waals surface area contributed by atoms with Gasteiger partial charge in [0, 0.05) is 42.2 Å². The van der Waals surface area contributed by atoms with Crippen LogP contribution in [-0.4, -0.2) is 58.4 Å². The zero-order valence-electron chi connectivity index (χ0n) is 20.1. The van der Waals surface area contributed by atoms with E-state index in [0.717, 1.165) is 49.2 Å². The van der Waals surface area contributed by atoms with Crippen molar-refractivity contribution >= 4 is 17.7 Å². The van der Waals surface area contributed by atoms with Crippen LogP contribution in [0.25, 0.3) is 6.08 Å². The molecular weight excluding hydrogens is 432 g/mol. The fourth-order valence-electron chi connectivity index (χ4n) is 4.54. The number of methoxy groups -OCH3 is 3. The molecule has 2 aromatic rings. The van der Waals surface area contributed by atoms with Crippen molar-refractivity contribution in [1.82, 2.24) is 4.90 Å². The third kappa shape index (κ3) is 5.20. The number of nitrogens with zero attached hydrogens (tertiary/aromatic N) is 1. The van der Waals surface area contributed by atoms with Crippen LogP contribution in [0.1, 0.15) is 24.8 Å². The molecule has 7 heteroatoms. The SMILES string of the molecule is COc1cc(NC(=O)C2=C(N3CCOCC3)C(=Cc3ccccc3)CCC2)cc(OC)c1OC. The molecule has 1 amide bonds. The average molecular weight is 465 g/mol. The molecular formula is C27H32N2O5. The highest BCUT2D eigenvalue weighted by Crippen LogP contribution is 2.40. The molecule has 1 N–H and O–H groups in total. The number of hydrogen-bond donors (Lipinski definition) is 1. The highest BCUT2D eigenvalue weighted by molar-refractivity contribution is 6.05. The summed E-state index contributed by atoms with van der Waals surface area (Å²) < 4.78 is 21.9. The monoisotopic (exact) mass is 464 g/mol. The number of hydrogen-bond acceptors (Lipinski definition) is 6. The van der Waals surface area contributed by atoms with E-state index < -0.39 is 0 Å². The lowest BCUT2D eigenvalue weighted by molar-refractivity contribution is -0.113. The van der Waals surface area contributed by atoms with E-state index in [4.69, 9.17) is 18.9 Å². The van der Waals surface area contributed by atoms with Gasteiger partial charge in [-0.2, -0.15) is 0 Å². The van der Waals surface area contributed by atoms with E-state index in [0.29, 0.717) is 36.1 Å². The molecule has 7 nitrogen and oxygen atoms in total. The van der Waals surface area contributed by atoms with Crippen LogP contribution in [0.15, 0.2) is 59.3 Å². The van der Waals surface area contributed by atoms with Gasteiger partial charge in [0.1, 0.15) is 0 Å². The zero-order chi connectivity index (χ0) is 23.9. The molecule has 1 fully saturated rings. The van der Waals surface area contributed by atoms with Crippen LogP contribution < -0.4 is 19.5 Å². The topological polar surface area (TPSA) is 69.3 Å². The van der Waals surface area contributed by atoms with Crippen LogP contribution in [0.5, 0.6) is 17.2 Å². The average Bonchev–Trinajstić information content (AvgIpc) is 2.89. The van der Waals surface area contributed by atoms with E-state index in [1.807, 2.05) is 18.2 Å². The molecule has 4 rings (SSSR count). The number of amides is 1. The van der Waals surface area contributed by atoms with Gasteiger partial charge in [-0.1, -0.05) is 30.3 Å². The molecule has 1 aliphatic heterocycles. The summed E-state index contributed by atoms with van der Waals surface area (Å²) in [5.41, 5.74) is 4.74. The van der Waals surface area contributed by atoms with E-state index in [1.165, 1.54) is 5.57 Å². The quantitative estimate of drug-likeness (QED) is 0.651. The van der Waals surface area contributed by atoms with Gasteiger partial charge in [0.25, 0.3) is 5.91 Å². The molecule has 1 aliphatic carbocycles. The number of carbonyl (C=O) groups excluding carboxylic acids is 1. The van der Waals surface area contributed by atoms with Crippen molar-refractivity contribution in [2.75, 3.05) is 52.9 Å². The first-order chi connectivity index (χ1) is 16.6. The Morgan fingerprint density at radius 3 is 2.26 bits per heavy atom. The molecule has 180 valence electrons.